The van der Waals surface area contributed by atoms with Crippen LogP contribution in [0.3, 0.4) is 0 Å². The number of carbonyl (C=O) groups excluding carboxylic acids is 1. The van der Waals surface area contributed by atoms with Crippen LogP contribution in [0, 0.1) is 0 Å². The van der Waals surface area contributed by atoms with Crippen molar-refractivity contribution >= 4 is 5.97 Å². The van der Waals surface area contributed by atoms with E-state index in [2.05, 4.69) is 6.58 Å². The van der Waals surface area contributed by atoms with Crippen molar-refractivity contribution in [2.75, 3.05) is 20.3 Å². The van der Waals surface area contributed by atoms with Crippen molar-refractivity contribution in [1.29, 1.82) is 0 Å². The smallest absolute Gasteiger partial charge is 0.306 e. The van der Waals surface area contributed by atoms with Gasteiger partial charge in [-0.05, 0) is 31.4 Å². The van der Waals surface area contributed by atoms with Crippen molar-refractivity contribution in [2.24, 2.45) is 0 Å². The summed E-state index contributed by atoms with van der Waals surface area (Å²) in [7, 11) is 1.45. The molecule has 0 saturated heterocycles. The lowest BCUT2D eigenvalue weighted by Crippen LogP contribution is -2.04. The van der Waals surface area contributed by atoms with Gasteiger partial charge in [0.15, 0.2) is 6.29 Å². The second-order valence-corrected chi connectivity index (χ2v) is 4.79. The number of hydrogen-bond donors (Lipinski definition) is 1. The lowest BCUT2D eigenvalue weighted by molar-refractivity contribution is -0.142. The lowest BCUT2D eigenvalue weighted by atomic mass is 10.2. The Balaban J connectivity index is 2.12. The largest absolute Gasteiger partial charge is 0.494 e. The SMILES string of the molecule is C=CCOC(=O)CCCCCOc1ccc(C(O)OC)cc1. The normalized spacial score (nSPS) is 11.7. The summed E-state index contributed by atoms with van der Waals surface area (Å²) in [5.74, 6) is 0.561. The third-order valence-corrected chi connectivity index (χ3v) is 3.04. The molecule has 122 valence electrons. The number of hydrogen-bond acceptors (Lipinski definition) is 5. The summed E-state index contributed by atoms with van der Waals surface area (Å²) < 4.78 is 15.3. The van der Waals surface area contributed by atoms with Crippen molar-refractivity contribution in [3.63, 3.8) is 0 Å². The predicted molar refractivity (Wildman–Crippen MR) is 83.5 cm³/mol. The molecule has 0 amide bonds. The highest BCUT2D eigenvalue weighted by Crippen LogP contribution is 2.18. The van der Waals surface area contributed by atoms with Crippen LogP contribution in [0.15, 0.2) is 36.9 Å². The number of carbonyl (C=O) groups is 1. The van der Waals surface area contributed by atoms with Crippen LogP contribution < -0.4 is 4.74 Å². The molecule has 5 nitrogen and oxygen atoms in total. The molecular formula is C17H24O5. The molecule has 1 aromatic rings. The van der Waals surface area contributed by atoms with Gasteiger partial charge in [-0.25, -0.2) is 0 Å². The van der Waals surface area contributed by atoms with Crippen molar-refractivity contribution in [1.82, 2.24) is 0 Å². The maximum Gasteiger partial charge on any atom is 0.306 e. The molecule has 0 radical (unpaired) electrons. The minimum absolute atomic E-state index is 0.187. The van der Waals surface area contributed by atoms with Gasteiger partial charge in [0.1, 0.15) is 12.4 Å². The molecule has 1 rings (SSSR count). The number of esters is 1. The molecule has 0 aromatic heterocycles. The Hall–Kier alpha value is -1.85. The van der Waals surface area contributed by atoms with Gasteiger partial charge in [0.05, 0.1) is 6.61 Å². The van der Waals surface area contributed by atoms with Crippen LogP contribution in [-0.2, 0) is 14.3 Å². The highest BCUT2D eigenvalue weighted by molar-refractivity contribution is 5.69. The number of aliphatic hydroxyl groups is 1. The van der Waals surface area contributed by atoms with Gasteiger partial charge in [-0.15, -0.1) is 0 Å². The quantitative estimate of drug-likeness (QED) is 0.295. The van der Waals surface area contributed by atoms with E-state index in [1.54, 1.807) is 30.3 Å². The van der Waals surface area contributed by atoms with E-state index in [-0.39, 0.29) is 12.6 Å². The first-order valence-corrected chi connectivity index (χ1v) is 7.37. The zero-order chi connectivity index (χ0) is 16.2. The molecule has 0 saturated carbocycles. The number of benzene rings is 1. The number of ether oxygens (including phenoxy) is 3. The van der Waals surface area contributed by atoms with Crippen LogP contribution in [0.2, 0.25) is 0 Å². The molecule has 1 unspecified atom stereocenters. The van der Waals surface area contributed by atoms with Gasteiger partial charge in [-0.3, -0.25) is 4.79 Å². The van der Waals surface area contributed by atoms with E-state index < -0.39 is 6.29 Å². The summed E-state index contributed by atoms with van der Waals surface area (Å²) in [5.41, 5.74) is 0.688. The van der Waals surface area contributed by atoms with Crippen molar-refractivity contribution in [2.45, 2.75) is 32.0 Å². The fourth-order valence-electron chi connectivity index (χ4n) is 1.83. The average Bonchev–Trinajstić information content (AvgIpc) is 2.55. The zero-order valence-electron chi connectivity index (χ0n) is 13.0. The summed E-state index contributed by atoms with van der Waals surface area (Å²) in [6.07, 6.45) is 3.65. The highest BCUT2D eigenvalue weighted by Gasteiger charge is 2.05. The number of rotatable bonds is 11. The Labute approximate surface area is 131 Å². The zero-order valence-corrected chi connectivity index (χ0v) is 13.0. The van der Waals surface area contributed by atoms with Gasteiger partial charge >= 0.3 is 5.97 Å². The van der Waals surface area contributed by atoms with Gasteiger partial charge < -0.3 is 19.3 Å². The summed E-state index contributed by atoms with van der Waals surface area (Å²) >= 11 is 0. The summed E-state index contributed by atoms with van der Waals surface area (Å²) in [4.78, 5) is 11.2. The highest BCUT2D eigenvalue weighted by atomic mass is 16.6. The first-order chi connectivity index (χ1) is 10.7. The van der Waals surface area contributed by atoms with Gasteiger partial charge in [0.25, 0.3) is 0 Å². The van der Waals surface area contributed by atoms with E-state index in [0.29, 0.717) is 18.6 Å². The van der Waals surface area contributed by atoms with Gasteiger partial charge in [0.2, 0.25) is 0 Å². The Morgan fingerprint density at radius 1 is 1.27 bits per heavy atom. The molecule has 0 bridgehead atoms. The fraction of sp³-hybridized carbons (Fsp3) is 0.471. The third kappa shape index (κ3) is 7.24. The second-order valence-electron chi connectivity index (χ2n) is 4.79. The molecule has 0 aliphatic rings. The molecular weight excluding hydrogens is 284 g/mol. The Bertz CT molecular complexity index is 441. The van der Waals surface area contributed by atoms with Crippen LogP contribution in [0.5, 0.6) is 5.75 Å². The molecule has 1 N–H and O–H groups in total. The topological polar surface area (TPSA) is 65.0 Å². The molecule has 0 aliphatic heterocycles. The summed E-state index contributed by atoms with van der Waals surface area (Å²) in [5, 5.41) is 9.49. The molecule has 1 atom stereocenters. The lowest BCUT2D eigenvalue weighted by Gasteiger charge is -2.10. The minimum Gasteiger partial charge on any atom is -0.494 e. The van der Waals surface area contributed by atoms with Crippen LogP contribution in [0.4, 0.5) is 0 Å². The number of aliphatic hydroxyl groups excluding tert-OH is 1. The summed E-state index contributed by atoms with van der Waals surface area (Å²) in [6.45, 7) is 4.35. The summed E-state index contributed by atoms with van der Waals surface area (Å²) in [6, 6.07) is 7.12. The maximum absolute atomic E-state index is 11.2. The number of methoxy groups -OCH3 is 1. The Morgan fingerprint density at radius 2 is 2.00 bits per heavy atom. The first kappa shape index (κ1) is 18.2. The monoisotopic (exact) mass is 308 g/mol. The van der Waals surface area contributed by atoms with Crippen molar-refractivity contribution < 1.29 is 24.1 Å². The second kappa shape index (κ2) is 10.8. The Kier molecular flexibility index (Phi) is 8.95. The molecule has 0 spiro atoms. The van der Waals surface area contributed by atoms with Crippen molar-refractivity contribution in [3.8, 4) is 5.75 Å². The van der Waals surface area contributed by atoms with E-state index in [9.17, 15) is 9.90 Å². The first-order valence-electron chi connectivity index (χ1n) is 7.37. The van der Waals surface area contributed by atoms with E-state index in [4.69, 9.17) is 14.2 Å². The molecule has 22 heavy (non-hydrogen) atoms. The van der Waals surface area contributed by atoms with Gasteiger partial charge in [-0.2, -0.15) is 0 Å². The standard InChI is InChI=1S/C17H24O5/c1-3-12-22-16(18)7-5-4-6-13-21-15-10-8-14(9-11-15)17(19)20-2/h3,8-11,17,19H,1,4-7,12-13H2,2H3. The minimum atomic E-state index is -0.908. The average molecular weight is 308 g/mol. The van der Waals surface area contributed by atoms with Gasteiger partial charge in [-0.1, -0.05) is 24.8 Å². The third-order valence-electron chi connectivity index (χ3n) is 3.04. The van der Waals surface area contributed by atoms with Gasteiger partial charge in [0, 0.05) is 19.1 Å². The molecule has 5 heteroatoms. The van der Waals surface area contributed by atoms with E-state index in [0.717, 1.165) is 25.0 Å². The van der Waals surface area contributed by atoms with Crippen LogP contribution >= 0.6 is 0 Å². The van der Waals surface area contributed by atoms with E-state index in [1.165, 1.54) is 7.11 Å². The van der Waals surface area contributed by atoms with E-state index >= 15 is 0 Å². The van der Waals surface area contributed by atoms with Crippen molar-refractivity contribution in [3.05, 3.63) is 42.5 Å². The molecule has 0 aliphatic carbocycles. The Morgan fingerprint density at radius 3 is 2.64 bits per heavy atom. The predicted octanol–water partition coefficient (Wildman–Crippen LogP) is 2.99. The van der Waals surface area contributed by atoms with Crippen LogP contribution in [-0.4, -0.2) is 31.4 Å². The number of unbranched alkanes of at least 4 members (excludes halogenated alkanes) is 2. The van der Waals surface area contributed by atoms with E-state index in [1.807, 2.05) is 0 Å². The fourth-order valence-corrected chi connectivity index (χ4v) is 1.83. The molecule has 1 aromatic carbocycles. The van der Waals surface area contributed by atoms with Crippen LogP contribution in [0.25, 0.3) is 0 Å². The maximum atomic E-state index is 11.2. The molecule has 0 fully saturated rings. The molecule has 0 heterocycles. The van der Waals surface area contributed by atoms with Crippen LogP contribution in [0.1, 0.15) is 37.5 Å².